The van der Waals surface area contributed by atoms with Crippen LogP contribution in [0.5, 0.6) is 5.75 Å². The van der Waals surface area contributed by atoms with Gasteiger partial charge in [0.2, 0.25) is 0 Å². The lowest BCUT2D eigenvalue weighted by Crippen LogP contribution is -2.27. The Labute approximate surface area is 114 Å². The van der Waals surface area contributed by atoms with Crippen LogP contribution in [0.25, 0.3) is 0 Å². The average Bonchev–Trinajstić information content (AvgIpc) is 2.96. The molecule has 1 aromatic rings. The van der Waals surface area contributed by atoms with E-state index in [4.69, 9.17) is 9.47 Å². The highest BCUT2D eigenvalue weighted by molar-refractivity contribution is 5.46. The predicted molar refractivity (Wildman–Crippen MR) is 75.7 cm³/mol. The Kier molecular flexibility index (Phi) is 5.48. The summed E-state index contributed by atoms with van der Waals surface area (Å²) >= 11 is 0. The van der Waals surface area contributed by atoms with Crippen molar-refractivity contribution < 1.29 is 14.6 Å². The van der Waals surface area contributed by atoms with Gasteiger partial charge in [0, 0.05) is 12.2 Å². The van der Waals surface area contributed by atoms with Crippen molar-refractivity contribution in [3.63, 3.8) is 0 Å². The van der Waals surface area contributed by atoms with E-state index in [1.165, 1.54) is 12.8 Å². The van der Waals surface area contributed by atoms with Crippen molar-refractivity contribution in [2.75, 3.05) is 25.6 Å². The molecule has 19 heavy (non-hydrogen) atoms. The van der Waals surface area contributed by atoms with Crippen LogP contribution in [0.3, 0.4) is 0 Å². The minimum Gasteiger partial charge on any atom is -0.497 e. The number of methoxy groups -OCH3 is 1. The number of aliphatic hydroxyl groups excluding tert-OH is 1. The van der Waals surface area contributed by atoms with Gasteiger partial charge in [-0.3, -0.25) is 0 Å². The fourth-order valence-electron chi connectivity index (χ4n) is 2.31. The molecule has 1 unspecified atom stereocenters. The van der Waals surface area contributed by atoms with E-state index in [0.29, 0.717) is 19.3 Å². The third-order valence-electron chi connectivity index (χ3n) is 3.46. The van der Waals surface area contributed by atoms with Gasteiger partial charge in [0.05, 0.1) is 25.9 Å². The maximum Gasteiger partial charge on any atom is 0.119 e. The summed E-state index contributed by atoms with van der Waals surface area (Å²) in [7, 11) is 1.65. The molecule has 0 spiro atoms. The maximum absolute atomic E-state index is 9.86. The number of nitrogens with one attached hydrogen (secondary N) is 1. The second kappa shape index (κ2) is 7.36. The van der Waals surface area contributed by atoms with Gasteiger partial charge in [0.15, 0.2) is 0 Å². The first-order chi connectivity index (χ1) is 9.28. The number of hydrogen-bond donors (Lipinski definition) is 2. The number of rotatable bonds is 7. The number of aliphatic hydroxyl groups is 1. The minimum atomic E-state index is -0.470. The average molecular weight is 265 g/mol. The second-order valence-electron chi connectivity index (χ2n) is 5.00. The molecule has 106 valence electrons. The van der Waals surface area contributed by atoms with Crippen molar-refractivity contribution in [1.82, 2.24) is 0 Å². The monoisotopic (exact) mass is 265 g/mol. The van der Waals surface area contributed by atoms with E-state index in [-0.39, 0.29) is 0 Å². The molecule has 0 radical (unpaired) electrons. The fourth-order valence-corrected chi connectivity index (χ4v) is 2.31. The van der Waals surface area contributed by atoms with Crippen molar-refractivity contribution in [3.8, 4) is 5.75 Å². The molecule has 1 atom stereocenters. The van der Waals surface area contributed by atoms with Gasteiger partial charge in [-0.2, -0.15) is 0 Å². The highest BCUT2D eigenvalue weighted by Crippen LogP contribution is 2.21. The van der Waals surface area contributed by atoms with Crippen molar-refractivity contribution in [2.24, 2.45) is 0 Å². The largest absolute Gasteiger partial charge is 0.497 e. The fraction of sp³-hybridized carbons (Fsp3) is 0.600. The summed E-state index contributed by atoms with van der Waals surface area (Å²) in [6.45, 7) is 0.910. The Morgan fingerprint density at radius 3 is 2.58 bits per heavy atom. The zero-order chi connectivity index (χ0) is 13.5. The molecule has 0 amide bonds. The van der Waals surface area contributed by atoms with Gasteiger partial charge in [0.1, 0.15) is 5.75 Å². The van der Waals surface area contributed by atoms with E-state index in [0.717, 1.165) is 24.3 Å². The Balaban J connectivity index is 1.65. The van der Waals surface area contributed by atoms with Crippen molar-refractivity contribution in [1.29, 1.82) is 0 Å². The Bertz CT molecular complexity index is 360. The van der Waals surface area contributed by atoms with E-state index in [1.54, 1.807) is 7.11 Å². The number of hydrogen-bond acceptors (Lipinski definition) is 4. The number of ether oxygens (including phenoxy) is 2. The standard InChI is InChI=1S/C15H23NO3/c1-18-14-8-6-12(7-9-14)16-10-13(17)11-19-15-4-2-3-5-15/h6-9,13,15-17H,2-5,10-11H2,1H3. The van der Waals surface area contributed by atoms with Crippen LogP contribution in [0, 0.1) is 0 Å². The van der Waals surface area contributed by atoms with Crippen LogP contribution in [0.15, 0.2) is 24.3 Å². The molecular formula is C15H23NO3. The summed E-state index contributed by atoms with van der Waals surface area (Å²) in [6, 6.07) is 7.65. The van der Waals surface area contributed by atoms with Crippen LogP contribution in [-0.2, 0) is 4.74 Å². The summed E-state index contributed by atoms with van der Waals surface area (Å²) in [5.74, 6) is 0.829. The van der Waals surface area contributed by atoms with Gasteiger partial charge in [-0.05, 0) is 37.1 Å². The molecule has 4 heteroatoms. The van der Waals surface area contributed by atoms with E-state index in [2.05, 4.69) is 5.32 Å². The van der Waals surface area contributed by atoms with Crippen molar-refractivity contribution >= 4 is 5.69 Å². The Morgan fingerprint density at radius 2 is 1.95 bits per heavy atom. The van der Waals surface area contributed by atoms with E-state index in [1.807, 2.05) is 24.3 Å². The van der Waals surface area contributed by atoms with Crippen LogP contribution in [0.4, 0.5) is 5.69 Å². The predicted octanol–water partition coefficient (Wildman–Crippen LogP) is 2.43. The SMILES string of the molecule is COc1ccc(NCC(O)COC2CCCC2)cc1. The van der Waals surface area contributed by atoms with Crippen LogP contribution in [-0.4, -0.2) is 37.6 Å². The van der Waals surface area contributed by atoms with Gasteiger partial charge < -0.3 is 19.9 Å². The summed E-state index contributed by atoms with van der Waals surface area (Å²) < 4.78 is 10.8. The minimum absolute atomic E-state index is 0.357. The highest BCUT2D eigenvalue weighted by Gasteiger charge is 2.16. The highest BCUT2D eigenvalue weighted by atomic mass is 16.5. The zero-order valence-corrected chi connectivity index (χ0v) is 11.5. The molecule has 1 saturated carbocycles. The molecule has 2 rings (SSSR count). The molecule has 1 aliphatic carbocycles. The molecule has 0 bridgehead atoms. The summed E-state index contributed by atoms with van der Waals surface area (Å²) in [6.07, 6.45) is 4.67. The first kappa shape index (κ1) is 14.2. The first-order valence-corrected chi connectivity index (χ1v) is 6.95. The first-order valence-electron chi connectivity index (χ1n) is 6.95. The molecule has 0 heterocycles. The third-order valence-corrected chi connectivity index (χ3v) is 3.46. The molecule has 0 aliphatic heterocycles. The lowest BCUT2D eigenvalue weighted by atomic mass is 10.3. The summed E-state index contributed by atoms with van der Waals surface area (Å²) in [4.78, 5) is 0. The quantitative estimate of drug-likeness (QED) is 0.795. The molecule has 2 N–H and O–H groups in total. The molecule has 1 fully saturated rings. The van der Waals surface area contributed by atoms with Gasteiger partial charge in [-0.1, -0.05) is 12.8 Å². The summed E-state index contributed by atoms with van der Waals surface area (Å²) in [5.41, 5.74) is 0.973. The molecule has 0 saturated heterocycles. The van der Waals surface area contributed by atoms with Crippen LogP contribution in [0.2, 0.25) is 0 Å². The Morgan fingerprint density at radius 1 is 1.26 bits per heavy atom. The summed E-state index contributed by atoms with van der Waals surface area (Å²) in [5, 5.41) is 13.0. The number of anilines is 1. The van der Waals surface area contributed by atoms with Gasteiger partial charge >= 0.3 is 0 Å². The Hall–Kier alpha value is -1.26. The van der Waals surface area contributed by atoms with E-state index >= 15 is 0 Å². The topological polar surface area (TPSA) is 50.7 Å². The van der Waals surface area contributed by atoms with E-state index in [9.17, 15) is 5.11 Å². The van der Waals surface area contributed by atoms with Crippen LogP contribution >= 0.6 is 0 Å². The van der Waals surface area contributed by atoms with Crippen molar-refractivity contribution in [2.45, 2.75) is 37.9 Å². The lowest BCUT2D eigenvalue weighted by Gasteiger charge is -2.16. The van der Waals surface area contributed by atoms with Crippen molar-refractivity contribution in [3.05, 3.63) is 24.3 Å². The normalized spacial score (nSPS) is 17.4. The molecule has 0 aromatic heterocycles. The third kappa shape index (κ3) is 4.73. The molecule has 4 nitrogen and oxygen atoms in total. The van der Waals surface area contributed by atoms with Crippen LogP contribution < -0.4 is 10.1 Å². The molecule has 1 aliphatic rings. The second-order valence-corrected chi connectivity index (χ2v) is 5.00. The van der Waals surface area contributed by atoms with Gasteiger partial charge in [-0.25, -0.2) is 0 Å². The zero-order valence-electron chi connectivity index (χ0n) is 11.5. The van der Waals surface area contributed by atoms with Crippen LogP contribution in [0.1, 0.15) is 25.7 Å². The molecule has 1 aromatic carbocycles. The van der Waals surface area contributed by atoms with Gasteiger partial charge in [-0.15, -0.1) is 0 Å². The maximum atomic E-state index is 9.86. The number of benzene rings is 1. The van der Waals surface area contributed by atoms with E-state index < -0.39 is 6.10 Å². The smallest absolute Gasteiger partial charge is 0.119 e. The lowest BCUT2D eigenvalue weighted by molar-refractivity contribution is -0.00117. The van der Waals surface area contributed by atoms with Gasteiger partial charge in [0.25, 0.3) is 0 Å². The molecular weight excluding hydrogens is 242 g/mol.